The van der Waals surface area contributed by atoms with Crippen LogP contribution in [0, 0.1) is 13.8 Å². The van der Waals surface area contributed by atoms with E-state index in [2.05, 4.69) is 5.16 Å². The third kappa shape index (κ3) is 1.77. The Kier molecular flexibility index (Phi) is 3.03. The molecule has 2 heterocycles. The van der Waals surface area contributed by atoms with Gasteiger partial charge in [0.1, 0.15) is 10.6 Å². The van der Waals surface area contributed by atoms with Crippen molar-refractivity contribution in [1.29, 1.82) is 0 Å². The van der Waals surface area contributed by atoms with Crippen LogP contribution in [0.5, 0.6) is 0 Å². The number of hydrogen-bond acceptors (Lipinski definition) is 5. The van der Waals surface area contributed by atoms with Crippen molar-refractivity contribution in [2.24, 2.45) is 0 Å². The lowest BCUT2D eigenvalue weighted by Crippen LogP contribution is -2.48. The van der Waals surface area contributed by atoms with Gasteiger partial charge in [0.2, 0.25) is 10.0 Å². The summed E-state index contributed by atoms with van der Waals surface area (Å²) in [6, 6.07) is 0. The van der Waals surface area contributed by atoms with Crippen LogP contribution in [0.15, 0.2) is 9.42 Å². The molecule has 1 saturated heterocycles. The zero-order valence-corrected chi connectivity index (χ0v) is 11.8. The Labute approximate surface area is 107 Å². The molecular formula is C11H18N2O4S. The van der Waals surface area contributed by atoms with Gasteiger partial charge in [0.15, 0.2) is 5.76 Å². The monoisotopic (exact) mass is 274 g/mol. The Morgan fingerprint density at radius 1 is 1.44 bits per heavy atom. The first kappa shape index (κ1) is 13.5. The van der Waals surface area contributed by atoms with E-state index in [1.165, 1.54) is 4.31 Å². The molecule has 2 rings (SSSR count). The van der Waals surface area contributed by atoms with Gasteiger partial charge >= 0.3 is 0 Å². The number of hydrogen-bond donors (Lipinski definition) is 1. The van der Waals surface area contributed by atoms with Crippen molar-refractivity contribution >= 4 is 10.0 Å². The first-order chi connectivity index (χ1) is 8.19. The number of nitrogens with zero attached hydrogens (tertiary/aromatic N) is 2. The van der Waals surface area contributed by atoms with Crippen LogP contribution in [-0.4, -0.2) is 41.2 Å². The van der Waals surface area contributed by atoms with Crippen LogP contribution in [0.4, 0.5) is 0 Å². The molecule has 6 nitrogen and oxygen atoms in total. The van der Waals surface area contributed by atoms with Gasteiger partial charge in [-0.15, -0.1) is 0 Å². The van der Waals surface area contributed by atoms with Crippen LogP contribution in [0.3, 0.4) is 0 Å². The molecule has 0 bridgehead atoms. The van der Waals surface area contributed by atoms with Crippen LogP contribution in [0.1, 0.15) is 31.7 Å². The first-order valence-electron chi connectivity index (χ1n) is 5.83. The van der Waals surface area contributed by atoms with Gasteiger partial charge in [-0.3, -0.25) is 0 Å². The lowest BCUT2D eigenvalue weighted by Gasteiger charge is -2.32. The van der Waals surface area contributed by atoms with Crippen LogP contribution < -0.4 is 0 Å². The molecule has 1 aromatic rings. The van der Waals surface area contributed by atoms with Crippen molar-refractivity contribution in [1.82, 2.24) is 9.46 Å². The fourth-order valence-electron chi connectivity index (χ4n) is 2.43. The third-order valence-corrected chi connectivity index (χ3v) is 5.91. The molecule has 1 fully saturated rings. The maximum Gasteiger partial charge on any atom is 0.249 e. The van der Waals surface area contributed by atoms with E-state index in [9.17, 15) is 13.5 Å². The van der Waals surface area contributed by atoms with Gasteiger partial charge in [-0.05, 0) is 34.1 Å². The molecular weight excluding hydrogens is 256 g/mol. The van der Waals surface area contributed by atoms with Crippen molar-refractivity contribution in [2.45, 2.75) is 50.7 Å². The minimum absolute atomic E-state index is 0.115. The summed E-state index contributed by atoms with van der Waals surface area (Å²) in [5.41, 5.74) is -0.459. The summed E-state index contributed by atoms with van der Waals surface area (Å²) in [5.74, 6) is 0.282. The van der Waals surface area contributed by atoms with Crippen LogP contribution in [0.25, 0.3) is 0 Å². The van der Waals surface area contributed by atoms with E-state index >= 15 is 0 Å². The predicted octanol–water partition coefficient (Wildman–Crippen LogP) is 0.825. The fraction of sp³-hybridized carbons (Fsp3) is 0.727. The first-order valence-corrected chi connectivity index (χ1v) is 7.27. The number of aliphatic hydroxyl groups is 1. The molecule has 1 N–H and O–H groups in total. The molecule has 0 radical (unpaired) electrons. The van der Waals surface area contributed by atoms with Gasteiger partial charge in [0, 0.05) is 6.54 Å². The van der Waals surface area contributed by atoms with Gasteiger partial charge in [-0.2, -0.15) is 4.31 Å². The zero-order valence-electron chi connectivity index (χ0n) is 11.0. The quantitative estimate of drug-likeness (QED) is 0.863. The predicted molar refractivity (Wildman–Crippen MR) is 64.6 cm³/mol. The minimum atomic E-state index is -3.68. The van der Waals surface area contributed by atoms with Crippen LogP contribution >= 0.6 is 0 Å². The van der Waals surface area contributed by atoms with Gasteiger partial charge in [0.25, 0.3) is 0 Å². The highest BCUT2D eigenvalue weighted by Gasteiger charge is 2.48. The average molecular weight is 274 g/mol. The summed E-state index contributed by atoms with van der Waals surface area (Å²) in [6.45, 7) is 6.93. The molecule has 1 aliphatic rings. The van der Waals surface area contributed by atoms with E-state index < -0.39 is 21.7 Å². The lowest BCUT2D eigenvalue weighted by atomic mass is 10.0. The summed E-state index contributed by atoms with van der Waals surface area (Å²) in [7, 11) is -3.68. The average Bonchev–Trinajstić information content (AvgIpc) is 2.70. The number of aliphatic hydroxyl groups excluding tert-OH is 1. The summed E-state index contributed by atoms with van der Waals surface area (Å²) < 4.78 is 31.5. The maximum atomic E-state index is 12.6. The summed E-state index contributed by atoms with van der Waals surface area (Å²) in [5, 5.41) is 13.6. The molecule has 1 atom stereocenters. The van der Waals surface area contributed by atoms with Gasteiger partial charge < -0.3 is 9.63 Å². The van der Waals surface area contributed by atoms with Gasteiger partial charge in [-0.1, -0.05) is 5.16 Å². The second-order valence-corrected chi connectivity index (χ2v) is 6.99. The second-order valence-electron chi connectivity index (χ2n) is 5.19. The standard InChI is InChI=1S/C11H18N2O4S/c1-7-10(8(2)17-12-7)18(15,16)13-6-5-9(14)11(13,3)4/h9,14H,5-6H2,1-4H3. The normalized spacial score (nSPS) is 24.6. The van der Waals surface area contributed by atoms with E-state index in [4.69, 9.17) is 4.52 Å². The van der Waals surface area contributed by atoms with Crippen molar-refractivity contribution in [2.75, 3.05) is 6.54 Å². The Morgan fingerprint density at radius 3 is 2.44 bits per heavy atom. The Morgan fingerprint density at radius 2 is 2.06 bits per heavy atom. The number of aryl methyl sites for hydroxylation is 2. The largest absolute Gasteiger partial charge is 0.391 e. The highest BCUT2D eigenvalue weighted by molar-refractivity contribution is 7.89. The highest BCUT2D eigenvalue weighted by atomic mass is 32.2. The molecule has 18 heavy (non-hydrogen) atoms. The molecule has 0 aromatic carbocycles. The third-order valence-electron chi connectivity index (χ3n) is 3.58. The van der Waals surface area contributed by atoms with Crippen molar-refractivity contribution in [3.8, 4) is 0 Å². The summed E-state index contributed by atoms with van der Waals surface area (Å²) in [4.78, 5) is 0.115. The summed E-state index contributed by atoms with van der Waals surface area (Å²) >= 11 is 0. The van der Waals surface area contributed by atoms with E-state index in [0.717, 1.165) is 0 Å². The molecule has 0 amide bonds. The smallest absolute Gasteiger partial charge is 0.249 e. The zero-order chi connectivity index (χ0) is 13.7. The van der Waals surface area contributed by atoms with E-state index in [1.807, 2.05) is 0 Å². The Balaban J connectivity index is 2.52. The van der Waals surface area contributed by atoms with Crippen molar-refractivity contribution < 1.29 is 18.0 Å². The molecule has 7 heteroatoms. The van der Waals surface area contributed by atoms with E-state index in [1.54, 1.807) is 27.7 Å². The molecule has 102 valence electrons. The molecule has 0 saturated carbocycles. The topological polar surface area (TPSA) is 83.6 Å². The molecule has 0 spiro atoms. The van der Waals surface area contributed by atoms with Crippen LogP contribution in [0.2, 0.25) is 0 Å². The Hall–Kier alpha value is -0.920. The lowest BCUT2D eigenvalue weighted by molar-refractivity contribution is 0.0900. The SMILES string of the molecule is Cc1noc(C)c1S(=O)(=O)N1CCC(O)C1(C)C. The molecule has 0 aliphatic carbocycles. The maximum absolute atomic E-state index is 12.6. The van der Waals surface area contributed by atoms with Gasteiger partial charge in [0.05, 0.1) is 11.6 Å². The molecule has 1 aliphatic heterocycles. The van der Waals surface area contributed by atoms with Crippen LogP contribution in [-0.2, 0) is 10.0 Å². The van der Waals surface area contributed by atoms with E-state index in [-0.39, 0.29) is 10.7 Å². The van der Waals surface area contributed by atoms with Gasteiger partial charge in [-0.25, -0.2) is 8.42 Å². The summed E-state index contributed by atoms with van der Waals surface area (Å²) in [6.07, 6.45) is -0.219. The number of aromatic nitrogens is 1. The minimum Gasteiger partial charge on any atom is -0.391 e. The molecule has 1 unspecified atom stereocenters. The van der Waals surface area contributed by atoms with Crippen molar-refractivity contribution in [3.63, 3.8) is 0 Å². The molecule has 1 aromatic heterocycles. The number of sulfonamides is 1. The highest BCUT2D eigenvalue weighted by Crippen LogP contribution is 2.35. The van der Waals surface area contributed by atoms with E-state index in [0.29, 0.717) is 18.7 Å². The Bertz CT molecular complexity index is 542. The second kappa shape index (κ2) is 4.04. The fourth-order valence-corrected chi connectivity index (χ4v) is 4.55. The van der Waals surface area contributed by atoms with Crippen molar-refractivity contribution in [3.05, 3.63) is 11.5 Å². The number of rotatable bonds is 2.